The summed E-state index contributed by atoms with van der Waals surface area (Å²) in [6.45, 7) is 6.85. The Kier molecular flexibility index (Phi) is 3.33. The van der Waals surface area contributed by atoms with Crippen LogP contribution < -0.4 is 5.32 Å². The first-order valence-electron chi connectivity index (χ1n) is 6.13. The lowest BCUT2D eigenvalue weighted by molar-refractivity contribution is 0.177. The molecule has 1 N–H and O–H groups in total. The van der Waals surface area contributed by atoms with Crippen LogP contribution in [0.15, 0.2) is 6.07 Å². The van der Waals surface area contributed by atoms with E-state index in [1.165, 1.54) is 12.8 Å². The Bertz CT molecular complexity index is 394. The van der Waals surface area contributed by atoms with Gasteiger partial charge in [0.15, 0.2) is 5.82 Å². The number of nitrogens with one attached hydrogen (secondary N) is 1. The predicted molar refractivity (Wildman–Crippen MR) is 68.1 cm³/mol. The molecule has 0 aromatic carbocycles. The molecule has 0 unspecified atom stereocenters. The van der Waals surface area contributed by atoms with Crippen LogP contribution in [0, 0.1) is 0 Å². The summed E-state index contributed by atoms with van der Waals surface area (Å²) in [4.78, 5) is 9.01. The number of rotatable bonds is 4. The molecule has 1 aromatic heterocycles. The van der Waals surface area contributed by atoms with Gasteiger partial charge < -0.3 is 10.1 Å². The average molecular weight is 235 g/mol. The standard InChI is InChI=1S/C13H21N3O/c1-13(2,3)16-11-7-10(9-5-6-9)14-12(15-11)8-17-4/h7,9H,5-6,8H2,1-4H3,(H,14,15,16). The van der Waals surface area contributed by atoms with Crippen molar-refractivity contribution in [3.63, 3.8) is 0 Å². The topological polar surface area (TPSA) is 47.0 Å². The normalized spacial score (nSPS) is 16.0. The van der Waals surface area contributed by atoms with E-state index in [-0.39, 0.29) is 5.54 Å². The average Bonchev–Trinajstić information content (AvgIpc) is 2.97. The minimum absolute atomic E-state index is 0.0134. The molecule has 1 aromatic rings. The lowest BCUT2D eigenvalue weighted by atomic mass is 10.1. The van der Waals surface area contributed by atoms with E-state index in [4.69, 9.17) is 4.74 Å². The molecule has 2 rings (SSSR count). The Labute approximate surface area is 103 Å². The molecule has 0 radical (unpaired) electrons. The van der Waals surface area contributed by atoms with Crippen LogP contribution >= 0.6 is 0 Å². The van der Waals surface area contributed by atoms with E-state index in [1.54, 1.807) is 7.11 Å². The number of hydrogen-bond acceptors (Lipinski definition) is 4. The summed E-state index contributed by atoms with van der Waals surface area (Å²) in [7, 11) is 1.67. The van der Waals surface area contributed by atoms with E-state index in [0.29, 0.717) is 12.5 Å². The summed E-state index contributed by atoms with van der Waals surface area (Å²) in [5.41, 5.74) is 1.17. The number of anilines is 1. The van der Waals surface area contributed by atoms with Gasteiger partial charge in [0.05, 0.1) is 0 Å². The summed E-state index contributed by atoms with van der Waals surface area (Å²) >= 11 is 0. The number of ether oxygens (including phenoxy) is 1. The molecular formula is C13H21N3O. The SMILES string of the molecule is COCc1nc(NC(C)(C)C)cc(C2CC2)n1. The Morgan fingerprint density at radius 2 is 2.06 bits per heavy atom. The zero-order valence-electron chi connectivity index (χ0n) is 11.1. The van der Waals surface area contributed by atoms with Gasteiger partial charge in [-0.05, 0) is 33.6 Å². The van der Waals surface area contributed by atoms with Crippen LogP contribution in [0.1, 0.15) is 51.0 Å². The molecule has 0 saturated heterocycles. The van der Waals surface area contributed by atoms with Crippen LogP contribution in [0.4, 0.5) is 5.82 Å². The number of nitrogens with zero attached hydrogens (tertiary/aromatic N) is 2. The maximum atomic E-state index is 5.12. The molecule has 4 nitrogen and oxygen atoms in total. The largest absolute Gasteiger partial charge is 0.377 e. The van der Waals surface area contributed by atoms with Gasteiger partial charge in [0, 0.05) is 30.3 Å². The highest BCUT2D eigenvalue weighted by molar-refractivity contribution is 5.40. The molecule has 0 spiro atoms. The smallest absolute Gasteiger partial charge is 0.156 e. The van der Waals surface area contributed by atoms with Crippen LogP contribution in [0.25, 0.3) is 0 Å². The Hall–Kier alpha value is -1.16. The minimum Gasteiger partial charge on any atom is -0.377 e. The van der Waals surface area contributed by atoms with Crippen molar-refractivity contribution in [1.82, 2.24) is 9.97 Å². The van der Waals surface area contributed by atoms with E-state index in [1.807, 2.05) is 0 Å². The highest BCUT2D eigenvalue weighted by atomic mass is 16.5. The monoisotopic (exact) mass is 235 g/mol. The summed E-state index contributed by atoms with van der Waals surface area (Å²) in [6, 6.07) is 2.07. The third-order valence-corrected chi connectivity index (χ3v) is 2.56. The maximum absolute atomic E-state index is 5.12. The zero-order chi connectivity index (χ0) is 12.5. The van der Waals surface area contributed by atoms with Gasteiger partial charge in [0.2, 0.25) is 0 Å². The van der Waals surface area contributed by atoms with Crippen LogP contribution in [0.5, 0.6) is 0 Å². The van der Waals surface area contributed by atoms with Gasteiger partial charge in [0.1, 0.15) is 12.4 Å². The lowest BCUT2D eigenvalue weighted by Crippen LogP contribution is -2.27. The quantitative estimate of drug-likeness (QED) is 0.871. The van der Waals surface area contributed by atoms with E-state index in [2.05, 4.69) is 42.1 Å². The van der Waals surface area contributed by atoms with Gasteiger partial charge in [-0.25, -0.2) is 9.97 Å². The van der Waals surface area contributed by atoms with Crippen molar-refractivity contribution >= 4 is 5.82 Å². The van der Waals surface area contributed by atoms with Crippen LogP contribution in [0.3, 0.4) is 0 Å². The Morgan fingerprint density at radius 3 is 2.59 bits per heavy atom. The van der Waals surface area contributed by atoms with Gasteiger partial charge in [-0.1, -0.05) is 0 Å². The Morgan fingerprint density at radius 1 is 1.35 bits per heavy atom. The summed E-state index contributed by atoms with van der Waals surface area (Å²) < 4.78 is 5.12. The molecule has 94 valence electrons. The maximum Gasteiger partial charge on any atom is 0.156 e. The van der Waals surface area contributed by atoms with E-state index >= 15 is 0 Å². The molecule has 1 aliphatic rings. The van der Waals surface area contributed by atoms with Gasteiger partial charge in [-0.3, -0.25) is 0 Å². The molecule has 0 atom stereocenters. The fraction of sp³-hybridized carbons (Fsp3) is 0.692. The number of hydrogen-bond donors (Lipinski definition) is 1. The van der Waals surface area contributed by atoms with Gasteiger partial charge in [-0.15, -0.1) is 0 Å². The van der Waals surface area contributed by atoms with Crippen molar-refractivity contribution in [3.8, 4) is 0 Å². The van der Waals surface area contributed by atoms with Crippen LogP contribution in [-0.4, -0.2) is 22.6 Å². The Balaban J connectivity index is 2.23. The summed E-state index contributed by atoms with van der Waals surface area (Å²) in [5, 5.41) is 3.40. The predicted octanol–water partition coefficient (Wildman–Crippen LogP) is 2.71. The highest BCUT2D eigenvalue weighted by Gasteiger charge is 2.26. The van der Waals surface area contributed by atoms with E-state index in [0.717, 1.165) is 17.3 Å². The van der Waals surface area contributed by atoms with Gasteiger partial charge >= 0.3 is 0 Å². The highest BCUT2D eigenvalue weighted by Crippen LogP contribution is 2.39. The van der Waals surface area contributed by atoms with E-state index in [9.17, 15) is 0 Å². The zero-order valence-corrected chi connectivity index (χ0v) is 11.1. The third kappa shape index (κ3) is 3.66. The fourth-order valence-electron chi connectivity index (χ4n) is 1.75. The minimum atomic E-state index is 0.0134. The third-order valence-electron chi connectivity index (χ3n) is 2.56. The van der Waals surface area contributed by atoms with Crippen molar-refractivity contribution in [1.29, 1.82) is 0 Å². The van der Waals surface area contributed by atoms with Crippen molar-refractivity contribution < 1.29 is 4.74 Å². The molecule has 4 heteroatoms. The van der Waals surface area contributed by atoms with Crippen molar-refractivity contribution in [2.75, 3.05) is 12.4 Å². The van der Waals surface area contributed by atoms with Gasteiger partial charge in [-0.2, -0.15) is 0 Å². The van der Waals surface area contributed by atoms with Crippen molar-refractivity contribution in [2.45, 2.75) is 51.7 Å². The molecular weight excluding hydrogens is 214 g/mol. The van der Waals surface area contributed by atoms with Crippen molar-refractivity contribution in [2.24, 2.45) is 0 Å². The molecule has 0 aliphatic heterocycles. The summed E-state index contributed by atoms with van der Waals surface area (Å²) in [6.07, 6.45) is 2.50. The molecule has 0 bridgehead atoms. The summed E-state index contributed by atoms with van der Waals surface area (Å²) in [5.74, 6) is 2.30. The lowest BCUT2D eigenvalue weighted by Gasteiger charge is -2.22. The molecule has 1 fully saturated rings. The molecule has 1 heterocycles. The second-order valence-electron chi connectivity index (χ2n) is 5.68. The number of methoxy groups -OCH3 is 1. The fourth-order valence-corrected chi connectivity index (χ4v) is 1.75. The first kappa shape index (κ1) is 12.3. The second-order valence-corrected chi connectivity index (χ2v) is 5.68. The molecule has 0 amide bonds. The first-order valence-corrected chi connectivity index (χ1v) is 6.13. The first-order chi connectivity index (χ1) is 7.98. The van der Waals surface area contributed by atoms with Crippen LogP contribution in [0.2, 0.25) is 0 Å². The van der Waals surface area contributed by atoms with Gasteiger partial charge in [0.25, 0.3) is 0 Å². The molecule has 1 aliphatic carbocycles. The number of aromatic nitrogens is 2. The second kappa shape index (κ2) is 4.61. The van der Waals surface area contributed by atoms with Crippen molar-refractivity contribution in [3.05, 3.63) is 17.6 Å². The molecule has 1 saturated carbocycles. The van der Waals surface area contributed by atoms with E-state index < -0.39 is 0 Å². The molecule has 17 heavy (non-hydrogen) atoms. The van der Waals surface area contributed by atoms with Crippen LogP contribution in [-0.2, 0) is 11.3 Å².